The van der Waals surface area contributed by atoms with E-state index in [9.17, 15) is 4.79 Å². The van der Waals surface area contributed by atoms with Crippen molar-refractivity contribution >= 4 is 5.78 Å². The molecule has 0 unspecified atom stereocenters. The van der Waals surface area contributed by atoms with Crippen LogP contribution in [0.1, 0.15) is 19.8 Å². The first kappa shape index (κ1) is 5.54. The minimum atomic E-state index is 0.184. The zero-order valence-electron chi connectivity index (χ0n) is 5.05. The highest BCUT2D eigenvalue weighted by atomic mass is 16.1. The highest BCUT2D eigenvalue weighted by molar-refractivity contribution is 5.83. The van der Waals surface area contributed by atoms with Crippen LogP contribution in [0.3, 0.4) is 0 Å². The summed E-state index contributed by atoms with van der Waals surface area (Å²) in [6, 6.07) is 0. The number of Topliss-reactive ketones (excluding diaryl/α,β-unsaturated/α-hetero) is 1. The van der Waals surface area contributed by atoms with Gasteiger partial charge in [0.15, 0.2) is 0 Å². The zero-order valence-corrected chi connectivity index (χ0v) is 5.05. The second-order valence-electron chi connectivity index (χ2n) is 2.22. The quantitative estimate of drug-likeness (QED) is 0.432. The van der Waals surface area contributed by atoms with Crippen LogP contribution in [0.25, 0.3) is 0 Å². The molecule has 1 atom stereocenters. The average molecular weight is 110 g/mol. The Morgan fingerprint density at radius 1 is 1.75 bits per heavy atom. The van der Waals surface area contributed by atoms with E-state index >= 15 is 0 Å². The summed E-state index contributed by atoms with van der Waals surface area (Å²) in [6.45, 7) is 1.94. The fraction of sp³-hybridized carbons (Fsp3) is 0.571. The number of rotatable bonds is 0. The molecule has 0 saturated carbocycles. The van der Waals surface area contributed by atoms with Crippen molar-refractivity contribution in [1.29, 1.82) is 0 Å². The van der Waals surface area contributed by atoms with Crippen LogP contribution in [-0.2, 0) is 4.79 Å². The van der Waals surface area contributed by atoms with Gasteiger partial charge in [-0.05, 0) is 6.42 Å². The molecule has 1 aliphatic rings. The monoisotopic (exact) mass is 110 g/mol. The Balaban J connectivity index is 2.60. The molecule has 0 saturated heterocycles. The summed E-state index contributed by atoms with van der Waals surface area (Å²) in [4.78, 5) is 10.7. The minimum Gasteiger partial charge on any atom is -0.299 e. The Bertz CT molecular complexity index is 124. The maximum Gasteiger partial charge on any atom is 0.139 e. The van der Waals surface area contributed by atoms with Gasteiger partial charge in [0.25, 0.3) is 0 Å². The Hall–Kier alpha value is -0.590. The number of hydrogen-bond donors (Lipinski definition) is 0. The molecule has 0 amide bonds. The average Bonchev–Trinajstić information content (AvgIpc) is 1.77. The van der Waals surface area contributed by atoms with Gasteiger partial charge in [0.05, 0.1) is 0 Å². The molecular formula is C7H10O. The summed E-state index contributed by atoms with van der Waals surface area (Å²) in [5.41, 5.74) is 0. The lowest BCUT2D eigenvalue weighted by atomic mass is 9.97. The molecule has 1 aliphatic carbocycles. The summed E-state index contributed by atoms with van der Waals surface area (Å²) < 4.78 is 0. The first-order valence-corrected chi connectivity index (χ1v) is 3.00. The Labute approximate surface area is 49.4 Å². The van der Waals surface area contributed by atoms with Crippen molar-refractivity contribution in [2.45, 2.75) is 19.8 Å². The summed E-state index contributed by atoms with van der Waals surface area (Å²) in [5, 5.41) is 0. The Morgan fingerprint density at radius 3 is 2.88 bits per heavy atom. The Morgan fingerprint density at radius 2 is 2.50 bits per heavy atom. The van der Waals surface area contributed by atoms with Crippen molar-refractivity contribution in [3.05, 3.63) is 12.2 Å². The number of carbonyl (C=O) groups excluding carboxylic acids is 1. The van der Waals surface area contributed by atoms with Crippen LogP contribution in [0.4, 0.5) is 0 Å². The van der Waals surface area contributed by atoms with Gasteiger partial charge in [-0.15, -0.1) is 0 Å². The minimum absolute atomic E-state index is 0.184. The maximum atomic E-state index is 10.7. The largest absolute Gasteiger partial charge is 0.299 e. The molecule has 0 aromatic carbocycles. The first-order chi connectivity index (χ1) is 3.80. The van der Waals surface area contributed by atoms with Gasteiger partial charge in [0.1, 0.15) is 5.78 Å². The van der Waals surface area contributed by atoms with Gasteiger partial charge in [-0.1, -0.05) is 19.1 Å². The van der Waals surface area contributed by atoms with Crippen LogP contribution in [0.2, 0.25) is 0 Å². The third kappa shape index (κ3) is 0.971. The van der Waals surface area contributed by atoms with Crippen molar-refractivity contribution in [2.75, 3.05) is 0 Å². The predicted octanol–water partition coefficient (Wildman–Crippen LogP) is 1.54. The molecule has 0 N–H and O–H groups in total. The third-order valence-corrected chi connectivity index (χ3v) is 1.49. The van der Waals surface area contributed by atoms with E-state index in [0.29, 0.717) is 5.78 Å². The number of hydrogen-bond acceptors (Lipinski definition) is 1. The molecule has 0 aromatic heterocycles. The second kappa shape index (κ2) is 2.12. The molecule has 0 radical (unpaired) electrons. The van der Waals surface area contributed by atoms with Gasteiger partial charge < -0.3 is 0 Å². The fourth-order valence-corrected chi connectivity index (χ4v) is 0.861. The van der Waals surface area contributed by atoms with Crippen molar-refractivity contribution < 1.29 is 4.79 Å². The molecule has 8 heavy (non-hydrogen) atoms. The summed E-state index contributed by atoms with van der Waals surface area (Å²) in [7, 11) is 0. The number of carbonyl (C=O) groups is 1. The molecule has 0 bridgehead atoms. The lowest BCUT2D eigenvalue weighted by Gasteiger charge is -2.07. The molecule has 1 nitrogen and oxygen atoms in total. The third-order valence-electron chi connectivity index (χ3n) is 1.49. The molecule has 0 aromatic rings. The molecule has 0 fully saturated rings. The van der Waals surface area contributed by atoms with E-state index < -0.39 is 0 Å². The molecule has 0 heterocycles. The van der Waals surface area contributed by atoms with Gasteiger partial charge in [-0.2, -0.15) is 0 Å². The van der Waals surface area contributed by atoms with Crippen LogP contribution in [0, 0.1) is 5.92 Å². The SMILES string of the molecule is C[C@H]1C=CCCC1=O. The van der Waals surface area contributed by atoms with Crippen LogP contribution in [0.15, 0.2) is 12.2 Å². The van der Waals surface area contributed by atoms with E-state index in [4.69, 9.17) is 0 Å². The molecule has 1 heteroatoms. The molecule has 44 valence electrons. The molecular weight excluding hydrogens is 100 g/mol. The van der Waals surface area contributed by atoms with Crippen molar-refractivity contribution in [2.24, 2.45) is 5.92 Å². The van der Waals surface area contributed by atoms with Crippen LogP contribution >= 0.6 is 0 Å². The van der Waals surface area contributed by atoms with Gasteiger partial charge in [0, 0.05) is 12.3 Å². The Kier molecular flexibility index (Phi) is 1.47. The smallest absolute Gasteiger partial charge is 0.139 e. The van der Waals surface area contributed by atoms with Crippen LogP contribution in [0.5, 0.6) is 0 Å². The van der Waals surface area contributed by atoms with Crippen molar-refractivity contribution in [3.63, 3.8) is 0 Å². The van der Waals surface area contributed by atoms with Crippen molar-refractivity contribution in [1.82, 2.24) is 0 Å². The maximum absolute atomic E-state index is 10.7. The lowest BCUT2D eigenvalue weighted by molar-refractivity contribution is -0.121. The van der Waals surface area contributed by atoms with Gasteiger partial charge in [0.2, 0.25) is 0 Å². The first-order valence-electron chi connectivity index (χ1n) is 3.00. The standard InChI is InChI=1S/C7H10O/c1-6-4-2-3-5-7(6)8/h2,4,6H,3,5H2,1H3/t6-/m0/s1. The van der Waals surface area contributed by atoms with E-state index in [0.717, 1.165) is 12.8 Å². The van der Waals surface area contributed by atoms with Crippen LogP contribution < -0.4 is 0 Å². The summed E-state index contributed by atoms with van der Waals surface area (Å²) in [6.07, 6.45) is 5.75. The van der Waals surface area contributed by atoms with E-state index in [1.54, 1.807) is 0 Å². The van der Waals surface area contributed by atoms with Crippen LogP contribution in [-0.4, -0.2) is 5.78 Å². The van der Waals surface area contributed by atoms with Gasteiger partial charge in [-0.3, -0.25) is 4.79 Å². The van der Waals surface area contributed by atoms with Gasteiger partial charge >= 0.3 is 0 Å². The fourth-order valence-electron chi connectivity index (χ4n) is 0.861. The van der Waals surface area contributed by atoms with Crippen molar-refractivity contribution in [3.8, 4) is 0 Å². The molecule has 0 aliphatic heterocycles. The van der Waals surface area contributed by atoms with E-state index in [-0.39, 0.29) is 5.92 Å². The lowest BCUT2D eigenvalue weighted by Crippen LogP contribution is -2.10. The summed E-state index contributed by atoms with van der Waals surface area (Å²) >= 11 is 0. The highest BCUT2D eigenvalue weighted by Gasteiger charge is 2.10. The second-order valence-corrected chi connectivity index (χ2v) is 2.22. The number of allylic oxidation sites excluding steroid dienone is 2. The topological polar surface area (TPSA) is 17.1 Å². The highest BCUT2D eigenvalue weighted by Crippen LogP contribution is 2.11. The summed E-state index contributed by atoms with van der Waals surface area (Å²) in [5.74, 6) is 0.566. The van der Waals surface area contributed by atoms with E-state index in [1.807, 2.05) is 13.0 Å². The van der Waals surface area contributed by atoms with E-state index in [2.05, 4.69) is 6.08 Å². The normalized spacial score (nSPS) is 28.6. The molecule has 0 spiro atoms. The molecule has 1 rings (SSSR count). The van der Waals surface area contributed by atoms with E-state index in [1.165, 1.54) is 0 Å². The number of ketones is 1. The predicted molar refractivity (Wildman–Crippen MR) is 32.5 cm³/mol. The van der Waals surface area contributed by atoms with Gasteiger partial charge in [-0.25, -0.2) is 0 Å². The zero-order chi connectivity index (χ0) is 5.98.